The molecular formula is C19H20N2O4. The van der Waals surface area contributed by atoms with Crippen molar-refractivity contribution in [2.24, 2.45) is 5.92 Å². The molecule has 0 bridgehead atoms. The molecule has 1 amide bonds. The first-order valence-corrected chi connectivity index (χ1v) is 8.37. The average Bonchev–Trinajstić information content (AvgIpc) is 3.01. The third kappa shape index (κ3) is 3.12. The zero-order valence-corrected chi connectivity index (χ0v) is 14.5. The lowest BCUT2D eigenvalue weighted by Gasteiger charge is -2.20. The van der Waals surface area contributed by atoms with Crippen molar-refractivity contribution < 1.29 is 18.8 Å². The van der Waals surface area contributed by atoms with Crippen LogP contribution in [-0.2, 0) is 11.3 Å². The Kier molecular flexibility index (Phi) is 4.53. The van der Waals surface area contributed by atoms with Crippen molar-refractivity contribution in [1.29, 1.82) is 0 Å². The largest absolute Gasteiger partial charge is 0.455 e. The molecular weight excluding hydrogens is 320 g/mol. The van der Waals surface area contributed by atoms with Crippen molar-refractivity contribution in [3.05, 3.63) is 52.7 Å². The smallest absolute Gasteiger partial charge is 0.231 e. The number of ketones is 2. The Morgan fingerprint density at radius 2 is 2.00 bits per heavy atom. The number of aromatic nitrogens is 1. The molecule has 0 fully saturated rings. The van der Waals surface area contributed by atoms with E-state index in [-0.39, 0.29) is 52.5 Å². The van der Waals surface area contributed by atoms with Gasteiger partial charge in [-0.05, 0) is 31.0 Å². The number of fused-ring (bicyclic) bond motifs is 2. The molecule has 6 nitrogen and oxygen atoms in total. The summed E-state index contributed by atoms with van der Waals surface area (Å²) in [5.41, 5.74) is 0.623. The summed E-state index contributed by atoms with van der Waals surface area (Å²) in [6.07, 6.45) is 1.93. The summed E-state index contributed by atoms with van der Waals surface area (Å²) in [5.74, 6) is 0.0770. The molecule has 130 valence electrons. The Hall–Kier alpha value is -2.76. The maximum atomic E-state index is 12.5. The van der Waals surface area contributed by atoms with Gasteiger partial charge in [0.1, 0.15) is 11.5 Å². The predicted molar refractivity (Wildman–Crippen MR) is 90.4 cm³/mol. The maximum Gasteiger partial charge on any atom is 0.231 e. The normalized spacial score (nSPS) is 13.0. The number of rotatable bonds is 5. The molecule has 6 heteroatoms. The first-order chi connectivity index (χ1) is 11.9. The average molecular weight is 340 g/mol. The summed E-state index contributed by atoms with van der Waals surface area (Å²) in [4.78, 5) is 43.0. The molecule has 0 aromatic carbocycles. The van der Waals surface area contributed by atoms with Crippen LogP contribution < -0.4 is 0 Å². The lowest BCUT2D eigenvalue weighted by Crippen LogP contribution is -2.30. The van der Waals surface area contributed by atoms with Gasteiger partial charge in [-0.1, -0.05) is 13.8 Å². The molecule has 0 spiro atoms. The monoisotopic (exact) mass is 340 g/mol. The van der Waals surface area contributed by atoms with E-state index in [0.717, 1.165) is 0 Å². The fourth-order valence-electron chi connectivity index (χ4n) is 2.92. The third-order valence-electron chi connectivity index (χ3n) is 4.17. The van der Waals surface area contributed by atoms with Crippen LogP contribution in [-0.4, -0.2) is 33.9 Å². The lowest BCUT2D eigenvalue weighted by molar-refractivity contribution is -0.132. The Balaban J connectivity index is 1.89. The highest BCUT2D eigenvalue weighted by atomic mass is 16.4. The Labute approximate surface area is 145 Å². The molecule has 2 aromatic rings. The van der Waals surface area contributed by atoms with Gasteiger partial charge in [-0.15, -0.1) is 0 Å². The van der Waals surface area contributed by atoms with E-state index in [2.05, 4.69) is 4.98 Å². The summed E-state index contributed by atoms with van der Waals surface area (Å²) in [6, 6.07) is 4.74. The van der Waals surface area contributed by atoms with E-state index >= 15 is 0 Å². The van der Waals surface area contributed by atoms with Crippen LogP contribution in [0.3, 0.4) is 0 Å². The number of furan rings is 1. The standard InChI is InChI=1S/C19H20N2O4/c1-4-21(15(22)8-11(2)3)10-12-9-14-17(23)16-13(6-5-7-20-16)18(24)19(14)25-12/h5-7,9,11H,4,8,10H2,1-3H3. The van der Waals surface area contributed by atoms with Gasteiger partial charge in [0, 0.05) is 19.2 Å². The van der Waals surface area contributed by atoms with E-state index in [0.29, 0.717) is 18.7 Å². The number of hydrogen-bond donors (Lipinski definition) is 0. The maximum absolute atomic E-state index is 12.5. The quantitative estimate of drug-likeness (QED) is 0.713. The van der Waals surface area contributed by atoms with Crippen LogP contribution >= 0.6 is 0 Å². The Morgan fingerprint density at radius 1 is 1.24 bits per heavy atom. The van der Waals surface area contributed by atoms with Crippen LogP contribution in [0, 0.1) is 5.92 Å². The van der Waals surface area contributed by atoms with Gasteiger partial charge in [0.15, 0.2) is 5.76 Å². The molecule has 2 heterocycles. The molecule has 0 atom stereocenters. The molecule has 1 aliphatic rings. The summed E-state index contributed by atoms with van der Waals surface area (Å²) in [6.45, 7) is 6.62. The SMILES string of the molecule is CCN(Cc1cc2c(o1)C(=O)c1cccnc1C2=O)C(=O)CC(C)C. The summed E-state index contributed by atoms with van der Waals surface area (Å²) in [5, 5.41) is 0. The zero-order chi connectivity index (χ0) is 18.1. The van der Waals surface area contributed by atoms with Gasteiger partial charge in [-0.25, -0.2) is 0 Å². The minimum atomic E-state index is -0.347. The number of carbonyl (C=O) groups is 3. The molecule has 0 unspecified atom stereocenters. The molecule has 0 radical (unpaired) electrons. The first kappa shape index (κ1) is 17.1. The molecule has 0 saturated heterocycles. The van der Waals surface area contributed by atoms with E-state index in [9.17, 15) is 14.4 Å². The van der Waals surface area contributed by atoms with Crippen molar-refractivity contribution in [3.63, 3.8) is 0 Å². The fourth-order valence-corrected chi connectivity index (χ4v) is 2.92. The van der Waals surface area contributed by atoms with Crippen molar-refractivity contribution in [1.82, 2.24) is 9.88 Å². The van der Waals surface area contributed by atoms with Crippen molar-refractivity contribution in [2.45, 2.75) is 33.7 Å². The van der Waals surface area contributed by atoms with Crippen molar-refractivity contribution in [2.75, 3.05) is 6.54 Å². The van der Waals surface area contributed by atoms with Gasteiger partial charge in [-0.2, -0.15) is 0 Å². The van der Waals surface area contributed by atoms with Gasteiger partial charge in [0.25, 0.3) is 0 Å². The van der Waals surface area contributed by atoms with Gasteiger partial charge >= 0.3 is 0 Å². The minimum absolute atomic E-state index is 0.0227. The van der Waals surface area contributed by atoms with E-state index < -0.39 is 0 Å². The van der Waals surface area contributed by atoms with Crippen LogP contribution in [0.15, 0.2) is 28.8 Å². The van der Waals surface area contributed by atoms with E-state index in [4.69, 9.17) is 4.42 Å². The third-order valence-corrected chi connectivity index (χ3v) is 4.17. The Bertz CT molecular complexity index is 798. The number of hydrogen-bond acceptors (Lipinski definition) is 5. The fraction of sp³-hybridized carbons (Fsp3) is 0.368. The second-order valence-electron chi connectivity index (χ2n) is 6.52. The van der Waals surface area contributed by atoms with Crippen LogP contribution in [0.4, 0.5) is 0 Å². The predicted octanol–water partition coefficient (Wildman–Crippen LogP) is 2.84. The van der Waals surface area contributed by atoms with E-state index in [1.165, 1.54) is 6.20 Å². The highest BCUT2D eigenvalue weighted by molar-refractivity contribution is 6.26. The lowest BCUT2D eigenvalue weighted by atomic mass is 9.92. The van der Waals surface area contributed by atoms with Crippen molar-refractivity contribution >= 4 is 17.5 Å². The van der Waals surface area contributed by atoms with Crippen molar-refractivity contribution in [3.8, 4) is 0 Å². The number of amides is 1. The molecule has 2 aromatic heterocycles. The highest BCUT2D eigenvalue weighted by Gasteiger charge is 2.34. The highest BCUT2D eigenvalue weighted by Crippen LogP contribution is 2.29. The van der Waals surface area contributed by atoms with Gasteiger partial charge in [0.05, 0.1) is 17.7 Å². The summed E-state index contributed by atoms with van der Waals surface area (Å²) >= 11 is 0. The molecule has 0 aliphatic heterocycles. The molecule has 25 heavy (non-hydrogen) atoms. The van der Waals surface area contributed by atoms with Crippen LogP contribution in [0.5, 0.6) is 0 Å². The van der Waals surface area contributed by atoms with Gasteiger partial charge < -0.3 is 9.32 Å². The zero-order valence-electron chi connectivity index (χ0n) is 14.5. The number of carbonyl (C=O) groups excluding carboxylic acids is 3. The Morgan fingerprint density at radius 3 is 2.68 bits per heavy atom. The number of nitrogens with zero attached hydrogens (tertiary/aromatic N) is 2. The molecule has 0 saturated carbocycles. The van der Waals surface area contributed by atoms with E-state index in [1.807, 2.05) is 20.8 Å². The minimum Gasteiger partial charge on any atom is -0.455 e. The van der Waals surface area contributed by atoms with Crippen LogP contribution in [0.2, 0.25) is 0 Å². The van der Waals surface area contributed by atoms with Crippen LogP contribution in [0.1, 0.15) is 65.1 Å². The molecule has 0 N–H and O–H groups in total. The molecule has 1 aliphatic carbocycles. The van der Waals surface area contributed by atoms with Crippen LogP contribution in [0.25, 0.3) is 0 Å². The second-order valence-corrected chi connectivity index (χ2v) is 6.52. The second kappa shape index (κ2) is 6.63. The first-order valence-electron chi connectivity index (χ1n) is 8.37. The number of pyridine rings is 1. The topological polar surface area (TPSA) is 80.5 Å². The van der Waals surface area contributed by atoms with E-state index in [1.54, 1.807) is 23.1 Å². The summed E-state index contributed by atoms with van der Waals surface area (Å²) in [7, 11) is 0. The molecule has 3 rings (SSSR count). The van der Waals surface area contributed by atoms with Gasteiger partial charge in [-0.3, -0.25) is 19.4 Å². The van der Waals surface area contributed by atoms with Gasteiger partial charge in [0.2, 0.25) is 17.5 Å². The summed E-state index contributed by atoms with van der Waals surface area (Å²) < 4.78 is 5.64.